The second kappa shape index (κ2) is 5.26. The Balaban J connectivity index is 1.94. The Morgan fingerprint density at radius 2 is 2.24 bits per heavy atom. The monoisotopic (exact) mass is 305 g/mol. The number of anilines is 1. The molecule has 0 saturated carbocycles. The molecular weight excluding hydrogens is 286 g/mol. The highest BCUT2D eigenvalue weighted by Crippen LogP contribution is 2.36. The molecule has 1 amide bonds. The second-order valence-electron chi connectivity index (χ2n) is 6.08. The number of benzene rings is 1. The van der Waals surface area contributed by atoms with E-state index in [0.29, 0.717) is 10.7 Å². The molecule has 4 nitrogen and oxygen atoms in total. The minimum Gasteiger partial charge on any atom is -0.398 e. The van der Waals surface area contributed by atoms with Gasteiger partial charge in [-0.2, -0.15) is 0 Å². The molecule has 3 rings (SSSR count). The van der Waals surface area contributed by atoms with Crippen molar-refractivity contribution in [3.8, 4) is 0 Å². The van der Waals surface area contributed by atoms with Crippen molar-refractivity contribution in [2.75, 3.05) is 5.73 Å². The third-order valence-corrected chi connectivity index (χ3v) is 4.59. The van der Waals surface area contributed by atoms with Crippen molar-refractivity contribution in [2.45, 2.75) is 39.2 Å². The molecule has 112 valence electrons. The van der Waals surface area contributed by atoms with Gasteiger partial charge in [0, 0.05) is 28.6 Å². The largest absolute Gasteiger partial charge is 0.398 e. The zero-order valence-electron chi connectivity index (χ0n) is 12.3. The summed E-state index contributed by atoms with van der Waals surface area (Å²) in [6.07, 6.45) is 2.67. The molecule has 1 heterocycles. The summed E-state index contributed by atoms with van der Waals surface area (Å²) in [5.41, 5.74) is 9.95. The van der Waals surface area contributed by atoms with E-state index in [9.17, 15) is 4.79 Å². The third kappa shape index (κ3) is 2.48. The van der Waals surface area contributed by atoms with E-state index in [2.05, 4.69) is 10.3 Å². The smallest absolute Gasteiger partial charge is 0.222 e. The summed E-state index contributed by atoms with van der Waals surface area (Å²) >= 11 is 6.38. The van der Waals surface area contributed by atoms with Crippen LogP contribution in [0.2, 0.25) is 5.02 Å². The van der Waals surface area contributed by atoms with Crippen molar-refractivity contribution in [1.29, 1.82) is 0 Å². The maximum absolute atomic E-state index is 11.9. The Morgan fingerprint density at radius 3 is 2.95 bits per heavy atom. The number of carbonyl (C=O) groups excluding carboxylic acids is 1. The Hall–Kier alpha value is -1.68. The first-order valence-corrected chi connectivity index (χ1v) is 7.73. The highest BCUT2D eigenvalue weighted by atomic mass is 35.5. The number of rotatable bonds is 2. The van der Waals surface area contributed by atoms with E-state index in [1.54, 1.807) is 0 Å². The van der Waals surface area contributed by atoms with Crippen LogP contribution >= 0.6 is 11.6 Å². The van der Waals surface area contributed by atoms with Gasteiger partial charge in [0.25, 0.3) is 0 Å². The number of hydrogen-bond donors (Lipinski definition) is 3. The van der Waals surface area contributed by atoms with Crippen molar-refractivity contribution in [2.24, 2.45) is 5.92 Å². The number of aromatic amines is 1. The number of fused-ring (bicyclic) bond motifs is 3. The predicted octanol–water partition coefficient (Wildman–Crippen LogP) is 3.03. The lowest BCUT2D eigenvalue weighted by Crippen LogP contribution is -2.40. The number of halogens is 1. The van der Waals surface area contributed by atoms with Crippen molar-refractivity contribution >= 4 is 34.1 Å². The number of carbonyl (C=O) groups is 1. The summed E-state index contributed by atoms with van der Waals surface area (Å²) in [6, 6.07) is 3.96. The molecule has 0 saturated heterocycles. The molecule has 1 aromatic carbocycles. The number of hydrogen-bond acceptors (Lipinski definition) is 2. The van der Waals surface area contributed by atoms with Crippen LogP contribution < -0.4 is 11.1 Å². The maximum atomic E-state index is 11.9. The SMILES string of the molecule is CC(C)C(=O)NC1CCc2[nH]c3ccc(N)c(Cl)c3c2C1. The molecule has 0 radical (unpaired) electrons. The molecule has 0 fully saturated rings. The number of nitrogen functional groups attached to an aromatic ring is 1. The predicted molar refractivity (Wildman–Crippen MR) is 86.5 cm³/mol. The van der Waals surface area contributed by atoms with Gasteiger partial charge in [-0.25, -0.2) is 0 Å². The minimum atomic E-state index is 0.00796. The van der Waals surface area contributed by atoms with Crippen LogP contribution in [-0.2, 0) is 17.6 Å². The van der Waals surface area contributed by atoms with Crippen LogP contribution in [0.15, 0.2) is 12.1 Å². The first-order chi connectivity index (χ1) is 9.97. The first kappa shape index (κ1) is 14.3. The summed E-state index contributed by atoms with van der Waals surface area (Å²) in [5, 5.41) is 4.74. The zero-order chi connectivity index (χ0) is 15.1. The molecule has 1 aromatic heterocycles. The Labute approximate surface area is 129 Å². The number of aryl methyl sites for hydroxylation is 1. The van der Waals surface area contributed by atoms with Crippen molar-refractivity contribution in [1.82, 2.24) is 10.3 Å². The minimum absolute atomic E-state index is 0.00796. The Kier molecular flexibility index (Phi) is 3.57. The molecule has 2 aromatic rings. The van der Waals surface area contributed by atoms with Crippen LogP contribution in [0.5, 0.6) is 0 Å². The zero-order valence-corrected chi connectivity index (χ0v) is 13.1. The van der Waals surface area contributed by atoms with E-state index >= 15 is 0 Å². The number of amides is 1. The topological polar surface area (TPSA) is 70.9 Å². The third-order valence-electron chi connectivity index (χ3n) is 4.19. The lowest BCUT2D eigenvalue weighted by Gasteiger charge is -2.24. The van der Waals surface area contributed by atoms with E-state index in [1.165, 1.54) is 11.3 Å². The average Bonchev–Trinajstić information content (AvgIpc) is 2.81. The van der Waals surface area contributed by atoms with Gasteiger partial charge in [-0.05, 0) is 37.0 Å². The molecule has 5 heteroatoms. The summed E-state index contributed by atoms with van der Waals surface area (Å²) < 4.78 is 0. The van der Waals surface area contributed by atoms with Crippen LogP contribution in [0.4, 0.5) is 5.69 Å². The maximum Gasteiger partial charge on any atom is 0.222 e. The van der Waals surface area contributed by atoms with Crippen LogP contribution in [-0.4, -0.2) is 16.9 Å². The molecule has 0 bridgehead atoms. The highest BCUT2D eigenvalue weighted by Gasteiger charge is 2.25. The van der Waals surface area contributed by atoms with Gasteiger partial charge in [0.05, 0.1) is 10.7 Å². The Morgan fingerprint density at radius 1 is 1.48 bits per heavy atom. The molecule has 4 N–H and O–H groups in total. The van der Waals surface area contributed by atoms with Crippen LogP contribution in [0, 0.1) is 5.92 Å². The molecular formula is C16H20ClN3O. The molecule has 0 aliphatic heterocycles. The quantitative estimate of drug-likeness (QED) is 0.746. The van der Waals surface area contributed by atoms with Gasteiger partial charge in [-0.15, -0.1) is 0 Å². The van der Waals surface area contributed by atoms with E-state index in [1.807, 2.05) is 26.0 Å². The molecule has 1 unspecified atom stereocenters. The van der Waals surface area contributed by atoms with Crippen LogP contribution in [0.3, 0.4) is 0 Å². The fourth-order valence-corrected chi connectivity index (χ4v) is 3.26. The van der Waals surface area contributed by atoms with Gasteiger partial charge in [-0.3, -0.25) is 4.79 Å². The van der Waals surface area contributed by atoms with E-state index in [-0.39, 0.29) is 17.9 Å². The molecule has 21 heavy (non-hydrogen) atoms. The molecule has 1 aliphatic rings. The van der Waals surface area contributed by atoms with Gasteiger partial charge in [0.2, 0.25) is 5.91 Å². The standard InChI is InChI=1S/C16H20ClN3O/c1-8(2)16(21)19-9-3-5-12-10(7-9)14-13(20-12)6-4-11(18)15(14)17/h4,6,8-9,20H,3,5,7,18H2,1-2H3,(H,19,21). The van der Waals surface area contributed by atoms with Crippen LogP contribution in [0.25, 0.3) is 10.9 Å². The summed E-state index contributed by atoms with van der Waals surface area (Å²) in [6.45, 7) is 3.82. The highest BCUT2D eigenvalue weighted by molar-refractivity contribution is 6.38. The van der Waals surface area contributed by atoms with Gasteiger partial charge in [-0.1, -0.05) is 25.4 Å². The normalized spacial score (nSPS) is 18.0. The fraction of sp³-hybridized carbons (Fsp3) is 0.438. The molecule has 1 aliphatic carbocycles. The van der Waals surface area contributed by atoms with Gasteiger partial charge in [0.15, 0.2) is 0 Å². The molecule has 0 spiro atoms. The van der Waals surface area contributed by atoms with Crippen LogP contribution in [0.1, 0.15) is 31.5 Å². The second-order valence-corrected chi connectivity index (χ2v) is 6.45. The van der Waals surface area contributed by atoms with E-state index in [0.717, 1.165) is 30.2 Å². The van der Waals surface area contributed by atoms with Crippen molar-refractivity contribution in [3.63, 3.8) is 0 Å². The number of nitrogens with one attached hydrogen (secondary N) is 2. The number of H-pyrrole nitrogens is 1. The first-order valence-electron chi connectivity index (χ1n) is 7.35. The molecule has 1 atom stereocenters. The van der Waals surface area contributed by atoms with Gasteiger partial charge < -0.3 is 16.0 Å². The van der Waals surface area contributed by atoms with E-state index in [4.69, 9.17) is 17.3 Å². The number of nitrogens with two attached hydrogens (primary N) is 1. The summed E-state index contributed by atoms with van der Waals surface area (Å²) in [7, 11) is 0. The number of aromatic nitrogens is 1. The fourth-order valence-electron chi connectivity index (χ4n) is 2.98. The van der Waals surface area contributed by atoms with Gasteiger partial charge >= 0.3 is 0 Å². The lowest BCUT2D eigenvalue weighted by molar-refractivity contribution is -0.124. The van der Waals surface area contributed by atoms with Crippen molar-refractivity contribution < 1.29 is 4.79 Å². The van der Waals surface area contributed by atoms with Gasteiger partial charge in [0.1, 0.15) is 0 Å². The summed E-state index contributed by atoms with van der Waals surface area (Å²) in [4.78, 5) is 15.3. The van der Waals surface area contributed by atoms with Crippen molar-refractivity contribution in [3.05, 3.63) is 28.4 Å². The average molecular weight is 306 g/mol. The van der Waals surface area contributed by atoms with E-state index < -0.39 is 0 Å². The Bertz CT molecular complexity index is 705. The summed E-state index contributed by atoms with van der Waals surface area (Å²) in [5.74, 6) is 0.113. The lowest BCUT2D eigenvalue weighted by atomic mass is 9.91.